The third-order valence-corrected chi connectivity index (χ3v) is 12.9. The van der Waals surface area contributed by atoms with E-state index in [1.165, 1.54) is 54.5 Å². The molecule has 13 aromatic rings. The molecule has 0 spiro atoms. The highest BCUT2D eigenvalue weighted by atomic mass is 15.1. The van der Waals surface area contributed by atoms with Gasteiger partial charge in [-0.2, -0.15) is 0 Å². The normalized spacial score (nSPS) is 11.6. The Kier molecular flexibility index (Phi) is 8.78. The molecule has 0 aliphatic carbocycles. The van der Waals surface area contributed by atoms with E-state index in [1.54, 1.807) is 0 Å². The third-order valence-electron chi connectivity index (χ3n) is 12.9. The van der Waals surface area contributed by atoms with E-state index < -0.39 is 0 Å². The molecule has 0 saturated carbocycles. The highest BCUT2D eigenvalue weighted by Crippen LogP contribution is 2.46. The van der Waals surface area contributed by atoms with E-state index in [0.29, 0.717) is 17.5 Å². The molecule has 10 aromatic carbocycles. The highest BCUT2D eigenvalue weighted by Gasteiger charge is 2.24. The van der Waals surface area contributed by atoms with E-state index in [2.05, 4.69) is 209 Å². The van der Waals surface area contributed by atoms with Gasteiger partial charge in [0.1, 0.15) is 0 Å². The van der Waals surface area contributed by atoms with E-state index >= 15 is 0 Å². The molecule has 13 rings (SSSR count). The van der Waals surface area contributed by atoms with Gasteiger partial charge in [-0.3, -0.25) is 0 Å². The summed E-state index contributed by atoms with van der Waals surface area (Å²) in [6.45, 7) is 0. The summed E-state index contributed by atoms with van der Waals surface area (Å²) in [6, 6.07) is 84.2. The van der Waals surface area contributed by atoms with Gasteiger partial charge in [0, 0.05) is 43.9 Å². The van der Waals surface area contributed by atoms with Crippen LogP contribution in [0.25, 0.3) is 122 Å². The summed E-state index contributed by atoms with van der Waals surface area (Å²) in [6.07, 6.45) is 0. The van der Waals surface area contributed by atoms with Crippen molar-refractivity contribution in [2.24, 2.45) is 0 Å². The lowest BCUT2D eigenvalue weighted by atomic mass is 9.95. The molecule has 3 heterocycles. The first-order valence-electron chi connectivity index (χ1n) is 22.4. The molecule has 66 heavy (non-hydrogen) atoms. The van der Waals surface area contributed by atoms with E-state index in [1.807, 2.05) is 36.4 Å². The van der Waals surface area contributed by atoms with Crippen LogP contribution < -0.4 is 0 Å². The fourth-order valence-corrected chi connectivity index (χ4v) is 9.98. The van der Waals surface area contributed by atoms with E-state index in [0.717, 1.165) is 50.2 Å². The fraction of sp³-hybridized carbons (Fsp3) is 0. The summed E-state index contributed by atoms with van der Waals surface area (Å²) in [5.74, 6) is 1.84. The van der Waals surface area contributed by atoms with Crippen LogP contribution in [0.5, 0.6) is 0 Å². The van der Waals surface area contributed by atoms with Crippen LogP contribution in [0, 0.1) is 0 Å². The van der Waals surface area contributed by atoms with Crippen molar-refractivity contribution in [3.05, 3.63) is 237 Å². The zero-order chi connectivity index (χ0) is 43.6. The van der Waals surface area contributed by atoms with Crippen LogP contribution in [0.4, 0.5) is 0 Å². The molecular weight excluding hydrogens is 803 g/mol. The first kappa shape index (κ1) is 37.6. The Balaban J connectivity index is 1.15. The second-order valence-electron chi connectivity index (χ2n) is 16.8. The molecule has 0 bridgehead atoms. The van der Waals surface area contributed by atoms with Crippen molar-refractivity contribution in [2.75, 3.05) is 0 Å². The van der Waals surface area contributed by atoms with Crippen LogP contribution in [-0.4, -0.2) is 24.1 Å². The first-order valence-corrected chi connectivity index (χ1v) is 22.4. The van der Waals surface area contributed by atoms with Gasteiger partial charge in [0.2, 0.25) is 0 Å². The Morgan fingerprint density at radius 2 is 0.773 bits per heavy atom. The summed E-state index contributed by atoms with van der Waals surface area (Å²) in [4.78, 5) is 15.7. The molecule has 0 fully saturated rings. The van der Waals surface area contributed by atoms with Gasteiger partial charge in [-0.15, -0.1) is 0 Å². The number of hydrogen-bond donors (Lipinski definition) is 0. The van der Waals surface area contributed by atoms with Gasteiger partial charge < -0.3 is 9.13 Å². The first-order chi connectivity index (χ1) is 32.7. The van der Waals surface area contributed by atoms with Gasteiger partial charge in [-0.25, -0.2) is 15.0 Å². The lowest BCUT2D eigenvalue weighted by Crippen LogP contribution is -2.04. The Hall–Kier alpha value is -8.93. The maximum absolute atomic E-state index is 5.30. The summed E-state index contributed by atoms with van der Waals surface area (Å²) < 4.78 is 4.85. The van der Waals surface area contributed by atoms with Gasteiger partial charge in [0.05, 0.1) is 27.8 Å². The van der Waals surface area contributed by atoms with Crippen molar-refractivity contribution >= 4 is 54.4 Å². The molecule has 0 atom stereocenters. The molecule has 3 aromatic heterocycles. The SMILES string of the molecule is c1ccc(-c2ccc(-c3nc(-c4ccccc4)nc(-c4ccccc4)n3)c(-n3c4cc5ccccc5cc4c4c(-c5cccc6c5c5ccccc5n6-c5ccccc5)cccc43)c2)cc1. The molecule has 0 aliphatic heterocycles. The molecule has 0 unspecified atom stereocenters. The van der Waals surface area contributed by atoms with Crippen LogP contribution in [0.3, 0.4) is 0 Å². The van der Waals surface area contributed by atoms with Crippen LogP contribution in [0.1, 0.15) is 0 Å². The average Bonchev–Trinajstić information content (AvgIpc) is 3.91. The quantitative estimate of drug-likeness (QED) is 0.161. The second kappa shape index (κ2) is 15.4. The monoisotopic (exact) mass is 841 g/mol. The van der Waals surface area contributed by atoms with Crippen molar-refractivity contribution < 1.29 is 0 Å². The average molecular weight is 842 g/mol. The Morgan fingerprint density at radius 1 is 0.273 bits per heavy atom. The topological polar surface area (TPSA) is 48.5 Å². The van der Waals surface area contributed by atoms with E-state index in [4.69, 9.17) is 15.0 Å². The maximum atomic E-state index is 5.30. The number of rotatable bonds is 7. The number of benzene rings is 10. The van der Waals surface area contributed by atoms with Crippen molar-refractivity contribution in [3.63, 3.8) is 0 Å². The van der Waals surface area contributed by atoms with Crippen molar-refractivity contribution in [1.82, 2.24) is 24.1 Å². The number of para-hydroxylation sites is 2. The smallest absolute Gasteiger partial charge is 0.166 e. The molecule has 5 nitrogen and oxygen atoms in total. The molecule has 5 heteroatoms. The zero-order valence-corrected chi connectivity index (χ0v) is 35.8. The van der Waals surface area contributed by atoms with E-state index in [9.17, 15) is 0 Å². The van der Waals surface area contributed by atoms with Gasteiger partial charge in [-0.1, -0.05) is 182 Å². The maximum Gasteiger partial charge on any atom is 0.166 e. The predicted molar refractivity (Wildman–Crippen MR) is 273 cm³/mol. The van der Waals surface area contributed by atoms with Crippen molar-refractivity contribution in [3.8, 4) is 67.8 Å². The largest absolute Gasteiger partial charge is 0.309 e. The lowest BCUT2D eigenvalue weighted by Gasteiger charge is -2.17. The number of nitrogens with zero attached hydrogens (tertiary/aromatic N) is 5. The minimum Gasteiger partial charge on any atom is -0.309 e. The summed E-state index contributed by atoms with van der Waals surface area (Å²) in [7, 11) is 0. The minimum absolute atomic E-state index is 0.600. The highest BCUT2D eigenvalue weighted by molar-refractivity contribution is 6.23. The third kappa shape index (κ3) is 6.13. The number of hydrogen-bond acceptors (Lipinski definition) is 3. The predicted octanol–water partition coefficient (Wildman–Crippen LogP) is 15.6. The lowest BCUT2D eigenvalue weighted by molar-refractivity contribution is 1.06. The van der Waals surface area contributed by atoms with Crippen molar-refractivity contribution in [1.29, 1.82) is 0 Å². The zero-order valence-electron chi connectivity index (χ0n) is 35.8. The summed E-state index contributed by atoms with van der Waals surface area (Å²) in [5, 5.41) is 7.16. The van der Waals surface area contributed by atoms with Crippen molar-refractivity contribution in [2.45, 2.75) is 0 Å². The van der Waals surface area contributed by atoms with Gasteiger partial charge in [-0.05, 0) is 87.6 Å². The molecule has 0 aliphatic rings. The molecule has 0 saturated heterocycles. The Bertz CT molecular complexity index is 3910. The molecular formula is C61H39N5. The molecule has 308 valence electrons. The Morgan fingerprint density at radius 3 is 1.42 bits per heavy atom. The number of aromatic nitrogens is 5. The molecule has 0 radical (unpaired) electrons. The summed E-state index contributed by atoms with van der Waals surface area (Å²) in [5.41, 5.74) is 14.0. The molecule has 0 amide bonds. The van der Waals surface area contributed by atoms with E-state index in [-0.39, 0.29) is 0 Å². The van der Waals surface area contributed by atoms with Crippen LogP contribution in [0.2, 0.25) is 0 Å². The second-order valence-corrected chi connectivity index (χ2v) is 16.8. The van der Waals surface area contributed by atoms with Crippen LogP contribution in [-0.2, 0) is 0 Å². The number of fused-ring (bicyclic) bond motifs is 7. The van der Waals surface area contributed by atoms with Gasteiger partial charge in [0.25, 0.3) is 0 Å². The van der Waals surface area contributed by atoms with Crippen LogP contribution >= 0.6 is 0 Å². The van der Waals surface area contributed by atoms with Crippen LogP contribution in [0.15, 0.2) is 237 Å². The minimum atomic E-state index is 0.600. The van der Waals surface area contributed by atoms with Gasteiger partial charge >= 0.3 is 0 Å². The molecule has 0 N–H and O–H groups in total. The summed E-state index contributed by atoms with van der Waals surface area (Å²) >= 11 is 0. The van der Waals surface area contributed by atoms with Gasteiger partial charge in [0.15, 0.2) is 17.5 Å². The fourth-order valence-electron chi connectivity index (χ4n) is 9.98. The standard InChI is InChI=1S/C61H39N5/c1-5-19-40(20-6-1)45-35-36-50(61-63-59(41-21-7-2-8-22-41)62-60(64-61)42-23-9-3-10-24-42)55(39-45)66-54-34-18-31-48(58(54)51-37-43-25-13-14-26-44(43)38-56(51)66)47-30-17-33-53-57(47)49-29-15-16-32-52(49)65(53)46-27-11-4-12-28-46/h1-39H. The Labute approximate surface area is 381 Å².